The Morgan fingerprint density at radius 3 is 2.86 bits per heavy atom. The van der Waals surface area contributed by atoms with E-state index in [0.717, 1.165) is 5.52 Å². The van der Waals surface area contributed by atoms with E-state index >= 15 is 0 Å². The quantitative estimate of drug-likeness (QED) is 0.336. The molecule has 0 spiro atoms. The first kappa shape index (κ1) is 13.4. The normalized spacial score (nSPS) is 12.0. The number of aromatic nitrogens is 1. The van der Waals surface area contributed by atoms with Crippen LogP contribution in [0.3, 0.4) is 0 Å². The SMILES string of the molecule is NC(=NO)c1cc(F)ccc1Sc1nc2ccccc2o1. The predicted molar refractivity (Wildman–Crippen MR) is 77.0 cm³/mol. The van der Waals surface area contributed by atoms with Gasteiger partial charge in [-0.2, -0.15) is 0 Å². The van der Waals surface area contributed by atoms with Crippen LogP contribution in [0.1, 0.15) is 5.56 Å². The Bertz CT molecular complexity index is 799. The Balaban J connectivity index is 2.01. The first-order valence-electron chi connectivity index (χ1n) is 5.98. The molecular weight excluding hydrogens is 293 g/mol. The van der Waals surface area contributed by atoms with Crippen LogP contribution in [0.5, 0.6) is 0 Å². The second-order valence-electron chi connectivity index (χ2n) is 4.18. The number of rotatable bonds is 3. The van der Waals surface area contributed by atoms with Gasteiger partial charge in [0.05, 0.1) is 0 Å². The highest BCUT2D eigenvalue weighted by Gasteiger charge is 2.13. The van der Waals surface area contributed by atoms with Crippen molar-refractivity contribution in [3.63, 3.8) is 0 Å². The van der Waals surface area contributed by atoms with Gasteiger partial charge < -0.3 is 15.4 Å². The molecule has 7 heteroatoms. The molecule has 0 aliphatic carbocycles. The van der Waals surface area contributed by atoms with Crippen molar-refractivity contribution >= 4 is 28.7 Å². The molecule has 0 saturated heterocycles. The first-order valence-corrected chi connectivity index (χ1v) is 6.80. The Morgan fingerprint density at radius 2 is 2.10 bits per heavy atom. The molecule has 21 heavy (non-hydrogen) atoms. The third-order valence-corrected chi connectivity index (χ3v) is 3.72. The average molecular weight is 303 g/mol. The molecular formula is C14H10FN3O2S. The highest BCUT2D eigenvalue weighted by molar-refractivity contribution is 7.99. The summed E-state index contributed by atoms with van der Waals surface area (Å²) in [5, 5.41) is 12.1. The van der Waals surface area contributed by atoms with Crippen LogP contribution in [-0.2, 0) is 0 Å². The largest absolute Gasteiger partial charge is 0.431 e. The number of oxazole rings is 1. The zero-order valence-electron chi connectivity index (χ0n) is 10.7. The molecule has 3 rings (SSSR count). The zero-order chi connectivity index (χ0) is 14.8. The van der Waals surface area contributed by atoms with Crippen molar-refractivity contribution in [2.75, 3.05) is 0 Å². The van der Waals surface area contributed by atoms with Gasteiger partial charge in [0.15, 0.2) is 11.4 Å². The van der Waals surface area contributed by atoms with Crippen LogP contribution in [0, 0.1) is 5.82 Å². The van der Waals surface area contributed by atoms with Crippen molar-refractivity contribution in [1.29, 1.82) is 0 Å². The number of amidine groups is 1. The van der Waals surface area contributed by atoms with Crippen LogP contribution in [0.4, 0.5) is 4.39 Å². The lowest BCUT2D eigenvalue weighted by Gasteiger charge is -2.05. The fraction of sp³-hybridized carbons (Fsp3) is 0. The van der Waals surface area contributed by atoms with Crippen LogP contribution in [0.25, 0.3) is 11.1 Å². The van der Waals surface area contributed by atoms with Gasteiger partial charge in [-0.25, -0.2) is 9.37 Å². The molecule has 0 saturated carbocycles. The van der Waals surface area contributed by atoms with Crippen LogP contribution in [-0.4, -0.2) is 16.0 Å². The second kappa shape index (κ2) is 5.45. The second-order valence-corrected chi connectivity index (χ2v) is 5.17. The molecule has 106 valence electrons. The number of fused-ring (bicyclic) bond motifs is 1. The minimum Gasteiger partial charge on any atom is -0.431 e. The number of hydrogen-bond donors (Lipinski definition) is 2. The Labute approximate surface area is 123 Å². The summed E-state index contributed by atoms with van der Waals surface area (Å²) in [5.41, 5.74) is 7.23. The smallest absolute Gasteiger partial charge is 0.261 e. The zero-order valence-corrected chi connectivity index (χ0v) is 11.5. The van der Waals surface area contributed by atoms with Gasteiger partial charge in [0, 0.05) is 10.5 Å². The number of oxime groups is 1. The molecule has 0 atom stereocenters. The molecule has 3 aromatic rings. The van der Waals surface area contributed by atoms with Crippen LogP contribution >= 0.6 is 11.8 Å². The standard InChI is InChI=1S/C14H10FN3O2S/c15-8-5-6-12(9(7-8)13(16)18-19)21-14-17-10-3-1-2-4-11(10)20-14/h1-7,19H,(H2,16,18). The highest BCUT2D eigenvalue weighted by atomic mass is 32.2. The Morgan fingerprint density at radius 1 is 1.29 bits per heavy atom. The summed E-state index contributed by atoms with van der Waals surface area (Å²) in [6.07, 6.45) is 0. The number of benzene rings is 2. The molecule has 0 aliphatic heterocycles. The molecule has 5 nitrogen and oxygen atoms in total. The van der Waals surface area contributed by atoms with Crippen molar-refractivity contribution < 1.29 is 14.0 Å². The van der Waals surface area contributed by atoms with Gasteiger partial charge in [0.1, 0.15) is 11.3 Å². The van der Waals surface area contributed by atoms with E-state index in [9.17, 15) is 4.39 Å². The molecule has 3 N–H and O–H groups in total. The minimum atomic E-state index is -0.474. The molecule has 2 aromatic carbocycles. The maximum Gasteiger partial charge on any atom is 0.261 e. The lowest BCUT2D eigenvalue weighted by molar-refractivity contribution is 0.318. The predicted octanol–water partition coefficient (Wildman–Crippen LogP) is 3.21. The molecule has 0 unspecified atom stereocenters. The average Bonchev–Trinajstić information content (AvgIpc) is 2.90. The van der Waals surface area contributed by atoms with Gasteiger partial charge in [0.2, 0.25) is 0 Å². The monoisotopic (exact) mass is 303 g/mol. The molecule has 0 fully saturated rings. The molecule has 0 radical (unpaired) electrons. The van der Waals surface area contributed by atoms with Gasteiger partial charge in [-0.3, -0.25) is 0 Å². The Kier molecular flexibility index (Phi) is 3.49. The third kappa shape index (κ3) is 2.68. The van der Waals surface area contributed by atoms with Gasteiger partial charge in [0.25, 0.3) is 5.22 Å². The lowest BCUT2D eigenvalue weighted by Crippen LogP contribution is -2.14. The van der Waals surface area contributed by atoms with Gasteiger partial charge in [-0.1, -0.05) is 17.3 Å². The minimum absolute atomic E-state index is 0.173. The topological polar surface area (TPSA) is 84.6 Å². The molecule has 1 heterocycles. The summed E-state index contributed by atoms with van der Waals surface area (Å²) in [5.74, 6) is -0.647. The fourth-order valence-corrected chi connectivity index (χ4v) is 2.71. The molecule has 0 amide bonds. The van der Waals surface area contributed by atoms with E-state index < -0.39 is 5.82 Å². The van der Waals surface area contributed by atoms with Crippen molar-refractivity contribution in [2.24, 2.45) is 10.9 Å². The molecule has 1 aromatic heterocycles. The summed E-state index contributed by atoms with van der Waals surface area (Å²) in [7, 11) is 0. The van der Waals surface area contributed by atoms with Crippen LogP contribution < -0.4 is 5.73 Å². The number of nitrogens with zero attached hydrogens (tertiary/aromatic N) is 2. The van der Waals surface area contributed by atoms with E-state index in [4.69, 9.17) is 15.4 Å². The van der Waals surface area contributed by atoms with Crippen LogP contribution in [0.2, 0.25) is 0 Å². The van der Waals surface area contributed by atoms with Crippen molar-refractivity contribution in [3.05, 3.63) is 53.8 Å². The molecule has 0 aliphatic rings. The summed E-state index contributed by atoms with van der Waals surface area (Å²) >= 11 is 1.18. The van der Waals surface area contributed by atoms with E-state index in [1.807, 2.05) is 24.3 Å². The van der Waals surface area contributed by atoms with Gasteiger partial charge in [-0.05, 0) is 42.1 Å². The summed E-state index contributed by atoms with van der Waals surface area (Å²) in [6, 6.07) is 11.4. The maximum atomic E-state index is 13.3. The molecule has 0 bridgehead atoms. The van der Waals surface area contributed by atoms with Crippen molar-refractivity contribution in [1.82, 2.24) is 4.98 Å². The number of para-hydroxylation sites is 2. The number of nitrogens with two attached hydrogens (primary N) is 1. The van der Waals surface area contributed by atoms with E-state index in [-0.39, 0.29) is 11.4 Å². The summed E-state index contributed by atoms with van der Waals surface area (Å²) in [6.45, 7) is 0. The summed E-state index contributed by atoms with van der Waals surface area (Å²) < 4.78 is 18.9. The van der Waals surface area contributed by atoms with E-state index in [1.165, 1.54) is 30.0 Å². The number of halogens is 1. The Hall–Kier alpha value is -2.54. The van der Waals surface area contributed by atoms with Gasteiger partial charge in [-0.15, -0.1) is 0 Å². The third-order valence-electron chi connectivity index (χ3n) is 2.80. The van der Waals surface area contributed by atoms with Crippen LogP contribution in [0.15, 0.2) is 62.2 Å². The lowest BCUT2D eigenvalue weighted by atomic mass is 10.2. The van der Waals surface area contributed by atoms with E-state index in [2.05, 4.69) is 10.1 Å². The fourth-order valence-electron chi connectivity index (χ4n) is 1.83. The summed E-state index contributed by atoms with van der Waals surface area (Å²) in [4.78, 5) is 4.90. The van der Waals surface area contributed by atoms with E-state index in [0.29, 0.717) is 15.7 Å². The van der Waals surface area contributed by atoms with Crippen molar-refractivity contribution in [3.8, 4) is 0 Å². The number of hydrogen-bond acceptors (Lipinski definition) is 5. The van der Waals surface area contributed by atoms with E-state index in [1.54, 1.807) is 0 Å². The van der Waals surface area contributed by atoms with Gasteiger partial charge >= 0.3 is 0 Å². The first-order chi connectivity index (χ1) is 10.2. The van der Waals surface area contributed by atoms with Crippen molar-refractivity contribution in [2.45, 2.75) is 10.1 Å². The highest BCUT2D eigenvalue weighted by Crippen LogP contribution is 2.32. The maximum absolute atomic E-state index is 13.3.